The molecule has 0 saturated carbocycles. The molecule has 6 heteroatoms. The number of fused-ring (bicyclic) bond motifs is 1. The SMILES string of the molecule is CC(CCc1ccc2c(c1)OCO2)n1ncc(Br)c1N. The van der Waals surface area contributed by atoms with Crippen LogP contribution in [0.1, 0.15) is 24.9 Å². The van der Waals surface area contributed by atoms with E-state index in [1.807, 2.05) is 16.8 Å². The third-order valence-electron chi connectivity index (χ3n) is 3.49. The largest absolute Gasteiger partial charge is 0.454 e. The lowest BCUT2D eigenvalue weighted by Crippen LogP contribution is -2.11. The lowest BCUT2D eigenvalue weighted by atomic mass is 10.1. The molecule has 0 aliphatic carbocycles. The number of aromatic nitrogens is 2. The van der Waals surface area contributed by atoms with Crippen LogP contribution in [0.5, 0.6) is 11.5 Å². The summed E-state index contributed by atoms with van der Waals surface area (Å²) in [5.41, 5.74) is 7.19. The topological polar surface area (TPSA) is 62.3 Å². The molecule has 1 atom stereocenters. The summed E-state index contributed by atoms with van der Waals surface area (Å²) in [6, 6.07) is 6.31. The van der Waals surface area contributed by atoms with E-state index in [1.165, 1.54) is 5.56 Å². The van der Waals surface area contributed by atoms with Crippen molar-refractivity contribution < 1.29 is 9.47 Å². The quantitative estimate of drug-likeness (QED) is 0.930. The highest BCUT2D eigenvalue weighted by Crippen LogP contribution is 2.33. The molecule has 1 aliphatic rings. The first kappa shape index (κ1) is 13.3. The van der Waals surface area contributed by atoms with Crippen molar-refractivity contribution in [1.29, 1.82) is 0 Å². The number of benzene rings is 1. The highest BCUT2D eigenvalue weighted by molar-refractivity contribution is 9.10. The number of nitrogens with two attached hydrogens (primary N) is 1. The molecule has 0 spiro atoms. The summed E-state index contributed by atoms with van der Waals surface area (Å²) in [7, 11) is 0. The van der Waals surface area contributed by atoms with E-state index < -0.39 is 0 Å². The van der Waals surface area contributed by atoms with Gasteiger partial charge in [0.2, 0.25) is 6.79 Å². The molecule has 0 saturated heterocycles. The van der Waals surface area contributed by atoms with E-state index >= 15 is 0 Å². The van der Waals surface area contributed by atoms with Crippen molar-refractivity contribution in [2.45, 2.75) is 25.8 Å². The highest BCUT2D eigenvalue weighted by Gasteiger charge is 2.15. The minimum Gasteiger partial charge on any atom is -0.454 e. The summed E-state index contributed by atoms with van der Waals surface area (Å²) in [5, 5.41) is 4.29. The molecule has 0 fully saturated rings. The van der Waals surface area contributed by atoms with Crippen LogP contribution in [0.25, 0.3) is 0 Å². The molecule has 5 nitrogen and oxygen atoms in total. The Labute approximate surface area is 125 Å². The normalized spacial score (nSPS) is 14.5. The minimum absolute atomic E-state index is 0.242. The Kier molecular flexibility index (Phi) is 3.56. The van der Waals surface area contributed by atoms with Gasteiger partial charge in [-0.1, -0.05) is 6.07 Å². The first-order valence-electron chi connectivity index (χ1n) is 6.52. The highest BCUT2D eigenvalue weighted by atomic mass is 79.9. The number of rotatable bonds is 4. The zero-order chi connectivity index (χ0) is 14.1. The van der Waals surface area contributed by atoms with E-state index in [2.05, 4.69) is 34.0 Å². The molecule has 1 aliphatic heterocycles. The van der Waals surface area contributed by atoms with Gasteiger partial charge in [-0.2, -0.15) is 5.10 Å². The average molecular weight is 338 g/mol. The summed E-state index contributed by atoms with van der Waals surface area (Å²) in [6.07, 6.45) is 3.62. The second-order valence-electron chi connectivity index (χ2n) is 4.90. The zero-order valence-electron chi connectivity index (χ0n) is 11.2. The van der Waals surface area contributed by atoms with Crippen LogP contribution in [0.4, 0.5) is 5.82 Å². The van der Waals surface area contributed by atoms with Crippen molar-refractivity contribution in [1.82, 2.24) is 9.78 Å². The fourth-order valence-electron chi connectivity index (χ4n) is 2.30. The standard InChI is InChI=1S/C14H16BrN3O2/c1-9(18-14(16)11(15)7-17-18)2-3-10-4-5-12-13(6-10)20-8-19-12/h4-7,9H,2-3,8,16H2,1H3. The van der Waals surface area contributed by atoms with Gasteiger partial charge in [0.25, 0.3) is 0 Å². The monoisotopic (exact) mass is 337 g/mol. The van der Waals surface area contributed by atoms with Gasteiger partial charge in [0, 0.05) is 0 Å². The second kappa shape index (κ2) is 5.36. The summed E-state index contributed by atoms with van der Waals surface area (Å²) >= 11 is 3.38. The Balaban J connectivity index is 1.66. The third-order valence-corrected chi connectivity index (χ3v) is 4.10. The van der Waals surface area contributed by atoms with Gasteiger partial charge in [0.15, 0.2) is 11.5 Å². The fraction of sp³-hybridized carbons (Fsp3) is 0.357. The predicted molar refractivity (Wildman–Crippen MR) is 79.9 cm³/mol. The van der Waals surface area contributed by atoms with Gasteiger partial charge in [0.1, 0.15) is 5.82 Å². The molecule has 0 bridgehead atoms. The molecule has 0 radical (unpaired) electrons. The smallest absolute Gasteiger partial charge is 0.231 e. The van der Waals surface area contributed by atoms with Crippen LogP contribution in [0.3, 0.4) is 0 Å². The summed E-state index contributed by atoms with van der Waals surface area (Å²) in [6.45, 7) is 2.43. The van der Waals surface area contributed by atoms with Crippen molar-refractivity contribution in [2.24, 2.45) is 0 Å². The zero-order valence-corrected chi connectivity index (χ0v) is 12.8. The van der Waals surface area contributed by atoms with Crippen LogP contribution in [0, 0.1) is 0 Å². The molecule has 2 heterocycles. The van der Waals surface area contributed by atoms with E-state index in [9.17, 15) is 0 Å². The van der Waals surface area contributed by atoms with Crippen LogP contribution >= 0.6 is 15.9 Å². The van der Waals surface area contributed by atoms with Gasteiger partial charge < -0.3 is 15.2 Å². The van der Waals surface area contributed by atoms with Gasteiger partial charge in [-0.3, -0.25) is 0 Å². The summed E-state index contributed by atoms with van der Waals surface area (Å²) < 4.78 is 13.4. The van der Waals surface area contributed by atoms with Gasteiger partial charge in [0.05, 0.1) is 16.7 Å². The van der Waals surface area contributed by atoms with Crippen molar-refractivity contribution in [3.05, 3.63) is 34.4 Å². The number of nitrogens with zero attached hydrogens (tertiary/aromatic N) is 2. The molecule has 106 valence electrons. The van der Waals surface area contributed by atoms with Gasteiger partial charge in [-0.15, -0.1) is 0 Å². The van der Waals surface area contributed by atoms with E-state index in [1.54, 1.807) is 6.20 Å². The van der Waals surface area contributed by atoms with E-state index in [-0.39, 0.29) is 6.04 Å². The van der Waals surface area contributed by atoms with Crippen LogP contribution in [-0.2, 0) is 6.42 Å². The number of hydrogen-bond acceptors (Lipinski definition) is 4. The molecule has 20 heavy (non-hydrogen) atoms. The molecule has 0 amide bonds. The molecule has 2 aromatic rings. The van der Waals surface area contributed by atoms with Crippen LogP contribution in [0.2, 0.25) is 0 Å². The predicted octanol–water partition coefficient (Wildman–Crippen LogP) is 3.15. The summed E-state index contributed by atoms with van der Waals surface area (Å²) in [4.78, 5) is 0. The molecule has 1 aromatic heterocycles. The van der Waals surface area contributed by atoms with Gasteiger partial charge in [-0.05, 0) is 53.4 Å². The number of hydrogen-bond donors (Lipinski definition) is 1. The van der Waals surface area contributed by atoms with E-state index in [0.717, 1.165) is 28.8 Å². The summed E-state index contributed by atoms with van der Waals surface area (Å²) in [5.74, 6) is 2.32. The van der Waals surface area contributed by atoms with Crippen LogP contribution in [-0.4, -0.2) is 16.6 Å². The van der Waals surface area contributed by atoms with Gasteiger partial charge in [-0.25, -0.2) is 4.68 Å². The average Bonchev–Trinajstić information content (AvgIpc) is 3.03. The van der Waals surface area contributed by atoms with Crippen molar-refractivity contribution >= 4 is 21.7 Å². The fourth-order valence-corrected chi connectivity index (χ4v) is 2.57. The Bertz CT molecular complexity index is 627. The number of halogens is 1. The number of nitrogen functional groups attached to an aromatic ring is 1. The maximum atomic E-state index is 5.96. The van der Waals surface area contributed by atoms with Crippen LogP contribution in [0.15, 0.2) is 28.9 Å². The Morgan fingerprint density at radius 2 is 2.20 bits per heavy atom. The van der Waals surface area contributed by atoms with Gasteiger partial charge >= 0.3 is 0 Å². The second-order valence-corrected chi connectivity index (χ2v) is 5.75. The van der Waals surface area contributed by atoms with E-state index in [0.29, 0.717) is 12.6 Å². The number of aryl methyl sites for hydroxylation is 1. The Morgan fingerprint density at radius 3 is 2.95 bits per heavy atom. The molecule has 1 aromatic carbocycles. The van der Waals surface area contributed by atoms with E-state index in [4.69, 9.17) is 15.2 Å². The number of ether oxygens (including phenoxy) is 2. The minimum atomic E-state index is 0.242. The maximum Gasteiger partial charge on any atom is 0.231 e. The molecule has 3 rings (SSSR count). The lowest BCUT2D eigenvalue weighted by Gasteiger charge is -2.14. The van der Waals surface area contributed by atoms with Crippen LogP contribution < -0.4 is 15.2 Å². The van der Waals surface area contributed by atoms with Crippen molar-refractivity contribution in [3.8, 4) is 11.5 Å². The number of anilines is 1. The first-order chi connectivity index (χ1) is 9.65. The van der Waals surface area contributed by atoms with Crippen molar-refractivity contribution in [3.63, 3.8) is 0 Å². The molecule has 2 N–H and O–H groups in total. The Hall–Kier alpha value is -1.69. The molecular formula is C14H16BrN3O2. The maximum absolute atomic E-state index is 5.96. The lowest BCUT2D eigenvalue weighted by molar-refractivity contribution is 0.174. The third kappa shape index (κ3) is 2.47. The molecule has 1 unspecified atom stereocenters. The molecular weight excluding hydrogens is 322 g/mol. The Morgan fingerprint density at radius 1 is 1.40 bits per heavy atom. The van der Waals surface area contributed by atoms with Crippen molar-refractivity contribution in [2.75, 3.05) is 12.5 Å². The first-order valence-corrected chi connectivity index (χ1v) is 7.31.